The molecule has 0 bridgehead atoms. The molecule has 0 aliphatic rings. The van der Waals surface area contributed by atoms with Gasteiger partial charge in [-0.05, 0) is 24.8 Å². The van der Waals surface area contributed by atoms with Crippen molar-refractivity contribution in [2.75, 3.05) is 13.1 Å². The summed E-state index contributed by atoms with van der Waals surface area (Å²) in [7, 11) is -2.81. The molecule has 0 unspecified atom stereocenters. The SMILES string of the molecule is O=C(O)CN(CCCCc1ccccc1)[SH](=O)=O. The van der Waals surface area contributed by atoms with Crippen molar-refractivity contribution in [2.45, 2.75) is 19.3 Å². The zero-order valence-electron chi connectivity index (χ0n) is 9.99. The second-order valence-corrected chi connectivity index (χ2v) is 5.00. The summed E-state index contributed by atoms with van der Waals surface area (Å²) in [6, 6.07) is 9.90. The van der Waals surface area contributed by atoms with E-state index < -0.39 is 23.4 Å². The van der Waals surface area contributed by atoms with Crippen molar-refractivity contribution in [1.82, 2.24) is 4.31 Å². The molecule has 0 saturated carbocycles. The van der Waals surface area contributed by atoms with Crippen LogP contribution >= 0.6 is 0 Å². The third kappa shape index (κ3) is 5.79. The van der Waals surface area contributed by atoms with Gasteiger partial charge in [0.2, 0.25) is 10.9 Å². The van der Waals surface area contributed by atoms with Crippen LogP contribution in [0.2, 0.25) is 0 Å². The summed E-state index contributed by atoms with van der Waals surface area (Å²) in [5.74, 6) is -1.13. The summed E-state index contributed by atoms with van der Waals surface area (Å²) in [6.45, 7) is -0.193. The Bertz CT molecular complexity index is 437. The third-order valence-corrected chi connectivity index (χ3v) is 3.33. The zero-order chi connectivity index (χ0) is 13.4. The number of carbonyl (C=O) groups is 1. The van der Waals surface area contributed by atoms with E-state index in [1.54, 1.807) is 0 Å². The van der Waals surface area contributed by atoms with Crippen LogP contribution < -0.4 is 0 Å². The monoisotopic (exact) mass is 271 g/mol. The molecule has 6 heteroatoms. The number of aliphatic carboxylic acids is 1. The van der Waals surface area contributed by atoms with E-state index in [-0.39, 0.29) is 6.54 Å². The topological polar surface area (TPSA) is 74.7 Å². The van der Waals surface area contributed by atoms with Crippen LogP contribution in [0.25, 0.3) is 0 Å². The summed E-state index contributed by atoms with van der Waals surface area (Å²) in [4.78, 5) is 10.5. The first-order valence-electron chi connectivity index (χ1n) is 5.74. The lowest BCUT2D eigenvalue weighted by Gasteiger charge is -2.12. The highest BCUT2D eigenvalue weighted by Gasteiger charge is 2.10. The standard InChI is InChI=1S/C12H17NO4S/c14-12(15)10-13(18(16)17)9-5-4-8-11-6-2-1-3-7-11/h1-3,6-7,18H,4-5,8-10H2,(H,14,15). The van der Waals surface area contributed by atoms with Crippen LogP contribution in [0.15, 0.2) is 30.3 Å². The van der Waals surface area contributed by atoms with E-state index in [4.69, 9.17) is 5.11 Å². The lowest BCUT2D eigenvalue weighted by Crippen LogP contribution is -2.29. The number of benzene rings is 1. The van der Waals surface area contributed by atoms with Gasteiger partial charge in [-0.1, -0.05) is 30.3 Å². The van der Waals surface area contributed by atoms with Gasteiger partial charge in [-0.25, -0.2) is 8.42 Å². The number of carboxylic acids is 1. The average Bonchev–Trinajstić information content (AvgIpc) is 2.33. The minimum absolute atomic E-state index is 0.262. The number of hydrogen-bond donors (Lipinski definition) is 2. The maximum atomic E-state index is 10.8. The summed E-state index contributed by atoms with van der Waals surface area (Å²) in [6.07, 6.45) is 2.37. The minimum atomic E-state index is -2.81. The van der Waals surface area contributed by atoms with Crippen LogP contribution in [0, 0.1) is 0 Å². The van der Waals surface area contributed by atoms with E-state index >= 15 is 0 Å². The quantitative estimate of drug-likeness (QED) is 0.544. The van der Waals surface area contributed by atoms with Gasteiger partial charge in [0.25, 0.3) is 0 Å². The Morgan fingerprint density at radius 2 is 1.83 bits per heavy atom. The molecule has 1 rings (SSSR count). The number of unbranched alkanes of at least 4 members (excludes halogenated alkanes) is 1. The molecule has 5 nitrogen and oxygen atoms in total. The largest absolute Gasteiger partial charge is 0.480 e. The van der Waals surface area contributed by atoms with Gasteiger partial charge in [0.05, 0.1) is 0 Å². The average molecular weight is 271 g/mol. The molecule has 0 amide bonds. The van der Waals surface area contributed by atoms with Gasteiger partial charge < -0.3 is 5.11 Å². The van der Waals surface area contributed by atoms with E-state index in [0.717, 1.165) is 17.1 Å². The van der Waals surface area contributed by atoms with E-state index in [1.165, 1.54) is 5.56 Å². The van der Waals surface area contributed by atoms with Gasteiger partial charge in [0.15, 0.2) is 0 Å². The Balaban J connectivity index is 2.29. The molecule has 0 spiro atoms. The van der Waals surface area contributed by atoms with E-state index in [0.29, 0.717) is 6.42 Å². The lowest BCUT2D eigenvalue weighted by molar-refractivity contribution is -0.137. The fourth-order valence-corrected chi connectivity index (χ4v) is 2.18. The Hall–Kier alpha value is -1.40. The molecule has 1 N–H and O–H groups in total. The molecule has 1 aromatic carbocycles. The van der Waals surface area contributed by atoms with Crippen LogP contribution in [-0.2, 0) is 22.1 Å². The predicted molar refractivity (Wildman–Crippen MR) is 68.9 cm³/mol. The lowest BCUT2D eigenvalue weighted by atomic mass is 10.1. The number of carboxylic acid groups (broad SMARTS) is 1. The summed E-state index contributed by atoms with van der Waals surface area (Å²) < 4.78 is 22.6. The van der Waals surface area contributed by atoms with Crippen molar-refractivity contribution in [3.05, 3.63) is 35.9 Å². The van der Waals surface area contributed by atoms with Crippen molar-refractivity contribution >= 4 is 16.9 Å². The Labute approximate surface area is 108 Å². The first-order chi connectivity index (χ1) is 8.59. The van der Waals surface area contributed by atoms with Crippen LogP contribution in [-0.4, -0.2) is 36.9 Å². The van der Waals surface area contributed by atoms with E-state index in [2.05, 4.69) is 0 Å². The van der Waals surface area contributed by atoms with Crippen molar-refractivity contribution in [3.8, 4) is 0 Å². The molecule has 0 atom stereocenters. The van der Waals surface area contributed by atoms with Gasteiger partial charge >= 0.3 is 5.97 Å². The predicted octanol–water partition coefficient (Wildman–Crippen LogP) is 0.922. The first kappa shape index (κ1) is 14.7. The fourth-order valence-electron chi connectivity index (χ4n) is 1.64. The van der Waals surface area contributed by atoms with Crippen LogP contribution in [0.1, 0.15) is 18.4 Å². The molecule has 18 heavy (non-hydrogen) atoms. The number of hydrogen-bond acceptors (Lipinski definition) is 3. The second kappa shape index (κ2) is 7.84. The number of thiol groups is 1. The zero-order valence-corrected chi connectivity index (χ0v) is 10.9. The molecular formula is C12H17NO4S. The van der Waals surface area contributed by atoms with Gasteiger partial charge in [-0.3, -0.25) is 4.79 Å². The first-order valence-corrected chi connectivity index (χ1v) is 6.87. The molecule has 0 radical (unpaired) electrons. The van der Waals surface area contributed by atoms with Crippen molar-refractivity contribution < 1.29 is 18.3 Å². The van der Waals surface area contributed by atoms with Crippen LogP contribution in [0.3, 0.4) is 0 Å². The molecule has 0 heterocycles. The van der Waals surface area contributed by atoms with Crippen LogP contribution in [0.5, 0.6) is 0 Å². The molecule has 0 saturated heterocycles. The highest BCUT2D eigenvalue weighted by atomic mass is 32.2. The molecule has 1 aromatic rings. The third-order valence-electron chi connectivity index (χ3n) is 2.52. The Kier molecular flexibility index (Phi) is 6.38. The summed E-state index contributed by atoms with van der Waals surface area (Å²) in [5, 5.41) is 8.56. The number of rotatable bonds is 8. The maximum absolute atomic E-state index is 10.8. The molecule has 100 valence electrons. The number of aryl methyl sites for hydroxylation is 1. The van der Waals surface area contributed by atoms with Gasteiger partial charge in [-0.2, -0.15) is 4.31 Å². The van der Waals surface area contributed by atoms with Crippen molar-refractivity contribution in [2.24, 2.45) is 0 Å². The molecule has 0 fully saturated rings. The molecule has 0 aliphatic heterocycles. The van der Waals surface area contributed by atoms with Gasteiger partial charge in [-0.15, -0.1) is 0 Å². The number of nitrogens with zero attached hydrogens (tertiary/aromatic N) is 1. The summed E-state index contributed by atoms with van der Waals surface area (Å²) >= 11 is 0. The normalized spacial score (nSPS) is 11.0. The van der Waals surface area contributed by atoms with Crippen molar-refractivity contribution in [3.63, 3.8) is 0 Å². The Morgan fingerprint density at radius 3 is 2.39 bits per heavy atom. The van der Waals surface area contributed by atoms with E-state index in [9.17, 15) is 13.2 Å². The van der Waals surface area contributed by atoms with Gasteiger partial charge in [0.1, 0.15) is 6.54 Å². The maximum Gasteiger partial charge on any atom is 0.318 e. The minimum Gasteiger partial charge on any atom is -0.480 e. The van der Waals surface area contributed by atoms with Crippen LogP contribution in [0.4, 0.5) is 0 Å². The molecule has 0 aromatic heterocycles. The molecule has 0 aliphatic carbocycles. The Morgan fingerprint density at radius 1 is 1.17 bits per heavy atom. The highest BCUT2D eigenvalue weighted by molar-refractivity contribution is 7.69. The highest BCUT2D eigenvalue weighted by Crippen LogP contribution is 2.05. The summed E-state index contributed by atoms with van der Waals surface area (Å²) in [5.41, 5.74) is 1.20. The van der Waals surface area contributed by atoms with Gasteiger partial charge in [0, 0.05) is 6.54 Å². The molecular weight excluding hydrogens is 254 g/mol. The van der Waals surface area contributed by atoms with E-state index in [1.807, 2.05) is 30.3 Å². The fraction of sp³-hybridized carbons (Fsp3) is 0.417. The second-order valence-electron chi connectivity index (χ2n) is 3.96. The van der Waals surface area contributed by atoms with Crippen molar-refractivity contribution in [1.29, 1.82) is 0 Å². The smallest absolute Gasteiger partial charge is 0.318 e.